The second kappa shape index (κ2) is 3.47. The number of alkyl carbamates (subject to hydrolysis) is 1. The van der Waals surface area contributed by atoms with E-state index in [2.05, 4.69) is 5.32 Å². The Labute approximate surface area is 95.7 Å². The van der Waals surface area contributed by atoms with Crippen LogP contribution in [0.25, 0.3) is 0 Å². The first kappa shape index (κ1) is 11.4. The van der Waals surface area contributed by atoms with E-state index in [1.807, 2.05) is 20.8 Å². The molecule has 0 aromatic rings. The average molecular weight is 225 g/mol. The largest absolute Gasteiger partial charge is 0.444 e. The number of rotatable bonds is 1. The highest BCUT2D eigenvalue weighted by molar-refractivity contribution is 5.87. The molecule has 1 spiro atoms. The van der Waals surface area contributed by atoms with Gasteiger partial charge in [-0.15, -0.1) is 0 Å². The molecular weight excluding hydrogens is 206 g/mol. The maximum absolute atomic E-state index is 11.6. The summed E-state index contributed by atoms with van der Waals surface area (Å²) in [5.41, 5.74) is -0.385. The van der Waals surface area contributed by atoms with E-state index in [4.69, 9.17) is 4.74 Å². The van der Waals surface area contributed by atoms with Gasteiger partial charge < -0.3 is 10.1 Å². The number of hydrogen-bond acceptors (Lipinski definition) is 3. The van der Waals surface area contributed by atoms with Crippen LogP contribution in [0.1, 0.15) is 46.5 Å². The van der Waals surface area contributed by atoms with Crippen LogP contribution in [-0.2, 0) is 9.53 Å². The minimum absolute atomic E-state index is 0.0774. The Morgan fingerprint density at radius 2 is 2.06 bits per heavy atom. The van der Waals surface area contributed by atoms with E-state index in [9.17, 15) is 9.59 Å². The summed E-state index contributed by atoms with van der Waals surface area (Å²) in [4.78, 5) is 22.6. The minimum atomic E-state index is -0.462. The number of ether oxygens (including phenoxy) is 1. The standard InChI is InChI=1S/C12H19NO3/c1-11(2,3)16-10(15)13-9-4-5-12(9)6-8(14)7-12/h9H,4-7H2,1-3H3,(H,13,15)/t9-/m0/s1. The summed E-state index contributed by atoms with van der Waals surface area (Å²) in [7, 11) is 0. The molecule has 0 aliphatic heterocycles. The Balaban J connectivity index is 1.83. The van der Waals surface area contributed by atoms with Crippen LogP contribution in [0, 0.1) is 5.41 Å². The molecule has 0 radical (unpaired) electrons. The highest BCUT2D eigenvalue weighted by atomic mass is 16.6. The van der Waals surface area contributed by atoms with Crippen molar-refractivity contribution < 1.29 is 14.3 Å². The molecule has 2 saturated carbocycles. The first-order valence-corrected chi connectivity index (χ1v) is 5.82. The van der Waals surface area contributed by atoms with Crippen molar-refractivity contribution in [3.05, 3.63) is 0 Å². The number of amides is 1. The third-order valence-corrected chi connectivity index (χ3v) is 3.46. The van der Waals surface area contributed by atoms with Crippen molar-refractivity contribution in [1.29, 1.82) is 0 Å². The smallest absolute Gasteiger partial charge is 0.407 e. The summed E-state index contributed by atoms with van der Waals surface area (Å²) in [5, 5.41) is 2.87. The molecular formula is C12H19NO3. The molecule has 1 atom stereocenters. The average Bonchev–Trinajstić information content (AvgIpc) is 2.04. The molecule has 1 amide bonds. The molecule has 0 bridgehead atoms. The molecule has 90 valence electrons. The molecule has 4 nitrogen and oxygen atoms in total. The van der Waals surface area contributed by atoms with Gasteiger partial charge in [0.1, 0.15) is 11.4 Å². The Hall–Kier alpha value is -1.06. The van der Waals surface area contributed by atoms with Gasteiger partial charge in [-0.2, -0.15) is 0 Å². The van der Waals surface area contributed by atoms with Gasteiger partial charge in [-0.3, -0.25) is 4.79 Å². The van der Waals surface area contributed by atoms with Gasteiger partial charge in [0.05, 0.1) is 0 Å². The van der Waals surface area contributed by atoms with Gasteiger partial charge in [0, 0.05) is 24.3 Å². The molecule has 16 heavy (non-hydrogen) atoms. The second-order valence-electron chi connectivity index (χ2n) is 5.99. The fourth-order valence-electron chi connectivity index (χ4n) is 2.53. The zero-order valence-corrected chi connectivity index (χ0v) is 10.1. The SMILES string of the molecule is CC(C)(C)OC(=O)N[C@H]1CCC12CC(=O)C2. The third kappa shape index (κ3) is 2.06. The molecule has 2 aliphatic carbocycles. The normalized spacial score (nSPS) is 26.9. The van der Waals surface area contributed by atoms with Gasteiger partial charge in [-0.25, -0.2) is 4.79 Å². The first-order chi connectivity index (χ1) is 7.31. The zero-order chi connectivity index (χ0) is 12.0. The van der Waals surface area contributed by atoms with Crippen molar-refractivity contribution in [3.63, 3.8) is 0 Å². The van der Waals surface area contributed by atoms with Crippen LogP contribution >= 0.6 is 0 Å². The van der Waals surface area contributed by atoms with Crippen molar-refractivity contribution in [2.45, 2.75) is 58.1 Å². The Morgan fingerprint density at radius 1 is 1.44 bits per heavy atom. The number of nitrogens with one attached hydrogen (secondary N) is 1. The first-order valence-electron chi connectivity index (χ1n) is 5.82. The van der Waals surface area contributed by atoms with Crippen LogP contribution in [0.15, 0.2) is 0 Å². The fourth-order valence-corrected chi connectivity index (χ4v) is 2.53. The number of ketones is 1. The van der Waals surface area contributed by atoms with E-state index in [0.717, 1.165) is 12.8 Å². The maximum atomic E-state index is 11.6. The topological polar surface area (TPSA) is 55.4 Å². The highest BCUT2D eigenvalue weighted by Crippen LogP contribution is 2.54. The molecule has 0 aromatic carbocycles. The van der Waals surface area contributed by atoms with Crippen LogP contribution in [0.4, 0.5) is 4.79 Å². The Morgan fingerprint density at radius 3 is 2.44 bits per heavy atom. The maximum Gasteiger partial charge on any atom is 0.407 e. The monoisotopic (exact) mass is 225 g/mol. The van der Waals surface area contributed by atoms with E-state index < -0.39 is 5.60 Å². The number of carbonyl (C=O) groups excluding carboxylic acids is 2. The summed E-state index contributed by atoms with van der Waals surface area (Å²) in [6.07, 6.45) is 2.92. The molecule has 0 unspecified atom stereocenters. The quantitative estimate of drug-likeness (QED) is 0.742. The number of Topliss-reactive ketones (excluding diaryl/α,β-unsaturated/α-hetero) is 1. The summed E-state index contributed by atoms with van der Waals surface area (Å²) in [5.74, 6) is 0.315. The molecule has 2 rings (SSSR count). The molecule has 2 fully saturated rings. The van der Waals surface area contributed by atoms with E-state index >= 15 is 0 Å². The number of carbonyl (C=O) groups is 2. The molecule has 0 aromatic heterocycles. The predicted molar refractivity (Wildman–Crippen MR) is 59.1 cm³/mol. The molecule has 4 heteroatoms. The van der Waals surface area contributed by atoms with Gasteiger partial charge in [-0.05, 0) is 33.6 Å². The van der Waals surface area contributed by atoms with Gasteiger partial charge in [0.2, 0.25) is 0 Å². The van der Waals surface area contributed by atoms with Gasteiger partial charge in [0.25, 0.3) is 0 Å². The Kier molecular flexibility index (Phi) is 2.48. The lowest BCUT2D eigenvalue weighted by Gasteiger charge is -2.54. The van der Waals surface area contributed by atoms with Crippen molar-refractivity contribution >= 4 is 11.9 Å². The lowest BCUT2D eigenvalue weighted by atomic mass is 9.52. The van der Waals surface area contributed by atoms with E-state index in [-0.39, 0.29) is 17.6 Å². The fraction of sp³-hybridized carbons (Fsp3) is 0.833. The third-order valence-electron chi connectivity index (χ3n) is 3.46. The molecule has 0 heterocycles. The van der Waals surface area contributed by atoms with Crippen molar-refractivity contribution in [2.24, 2.45) is 5.41 Å². The van der Waals surface area contributed by atoms with Crippen LogP contribution in [0.5, 0.6) is 0 Å². The summed E-state index contributed by atoms with van der Waals surface area (Å²) in [6, 6.07) is 0.139. The summed E-state index contributed by atoms with van der Waals surface area (Å²) in [6.45, 7) is 5.53. The summed E-state index contributed by atoms with van der Waals surface area (Å²) >= 11 is 0. The molecule has 2 aliphatic rings. The van der Waals surface area contributed by atoms with Crippen molar-refractivity contribution in [2.75, 3.05) is 0 Å². The lowest BCUT2D eigenvalue weighted by molar-refractivity contribution is -0.141. The van der Waals surface area contributed by atoms with Crippen molar-refractivity contribution in [3.8, 4) is 0 Å². The van der Waals surface area contributed by atoms with E-state index in [1.54, 1.807) is 0 Å². The van der Waals surface area contributed by atoms with E-state index in [0.29, 0.717) is 18.6 Å². The van der Waals surface area contributed by atoms with Crippen molar-refractivity contribution in [1.82, 2.24) is 5.32 Å². The molecule has 1 N–H and O–H groups in total. The van der Waals surface area contributed by atoms with Crippen LogP contribution in [0.2, 0.25) is 0 Å². The Bertz CT molecular complexity index is 322. The zero-order valence-electron chi connectivity index (χ0n) is 10.1. The summed E-state index contributed by atoms with van der Waals surface area (Å²) < 4.78 is 5.20. The van der Waals surface area contributed by atoms with Crippen LogP contribution in [-0.4, -0.2) is 23.5 Å². The number of hydrogen-bond donors (Lipinski definition) is 1. The molecule has 0 saturated heterocycles. The van der Waals surface area contributed by atoms with Crippen LogP contribution in [0.3, 0.4) is 0 Å². The van der Waals surface area contributed by atoms with Crippen LogP contribution < -0.4 is 5.32 Å². The minimum Gasteiger partial charge on any atom is -0.444 e. The highest BCUT2D eigenvalue weighted by Gasteiger charge is 2.55. The van der Waals surface area contributed by atoms with Gasteiger partial charge >= 0.3 is 6.09 Å². The van der Waals surface area contributed by atoms with E-state index in [1.165, 1.54) is 0 Å². The second-order valence-corrected chi connectivity index (χ2v) is 5.99. The predicted octanol–water partition coefficient (Wildman–Crippen LogP) is 2.02. The lowest BCUT2D eigenvalue weighted by Crippen LogP contribution is -2.61. The van der Waals surface area contributed by atoms with Gasteiger partial charge in [0.15, 0.2) is 0 Å². The van der Waals surface area contributed by atoms with Gasteiger partial charge in [-0.1, -0.05) is 0 Å².